The third-order valence-corrected chi connectivity index (χ3v) is 3.77. The van der Waals surface area contributed by atoms with Gasteiger partial charge in [0.15, 0.2) is 0 Å². The SMILES string of the molecule is CCCn1ncnc1CC(N)CSC(C)(C)C. The second-order valence-corrected chi connectivity index (χ2v) is 7.13. The predicted molar refractivity (Wildman–Crippen MR) is 74.2 cm³/mol. The van der Waals surface area contributed by atoms with Gasteiger partial charge in [-0.15, -0.1) is 0 Å². The van der Waals surface area contributed by atoms with E-state index in [2.05, 4.69) is 37.8 Å². The molecule has 5 heteroatoms. The standard InChI is InChI=1S/C12H24N4S/c1-5-6-16-11(14-9-15-16)7-10(13)8-17-12(2,3)4/h9-10H,5-8,13H2,1-4H3. The number of nitrogens with two attached hydrogens (primary N) is 1. The van der Waals surface area contributed by atoms with Crippen LogP contribution in [0.5, 0.6) is 0 Å². The third-order valence-electron chi connectivity index (χ3n) is 2.31. The lowest BCUT2D eigenvalue weighted by molar-refractivity contribution is 0.552. The van der Waals surface area contributed by atoms with Gasteiger partial charge in [-0.2, -0.15) is 16.9 Å². The van der Waals surface area contributed by atoms with Crippen LogP contribution in [0.4, 0.5) is 0 Å². The van der Waals surface area contributed by atoms with Crippen LogP contribution >= 0.6 is 11.8 Å². The van der Waals surface area contributed by atoms with Gasteiger partial charge < -0.3 is 5.73 Å². The first-order chi connectivity index (χ1) is 7.92. The Morgan fingerprint density at radius 3 is 2.76 bits per heavy atom. The minimum atomic E-state index is 0.152. The van der Waals surface area contributed by atoms with Gasteiger partial charge in [-0.3, -0.25) is 4.68 Å². The fraction of sp³-hybridized carbons (Fsp3) is 0.833. The molecule has 1 atom stereocenters. The van der Waals surface area contributed by atoms with E-state index in [4.69, 9.17) is 5.73 Å². The van der Waals surface area contributed by atoms with Crippen LogP contribution in [0.25, 0.3) is 0 Å². The van der Waals surface area contributed by atoms with Gasteiger partial charge in [0, 0.05) is 29.5 Å². The Morgan fingerprint density at radius 1 is 1.47 bits per heavy atom. The van der Waals surface area contributed by atoms with E-state index in [0.29, 0.717) is 0 Å². The summed E-state index contributed by atoms with van der Waals surface area (Å²) in [6.45, 7) is 9.70. The van der Waals surface area contributed by atoms with Crippen LogP contribution in [0, 0.1) is 0 Å². The Hall–Kier alpha value is -0.550. The average molecular weight is 256 g/mol. The van der Waals surface area contributed by atoms with Gasteiger partial charge in [0.05, 0.1) is 0 Å². The highest BCUT2D eigenvalue weighted by Crippen LogP contribution is 2.23. The molecule has 98 valence electrons. The van der Waals surface area contributed by atoms with Crippen LogP contribution < -0.4 is 5.73 Å². The maximum atomic E-state index is 6.14. The number of hydrogen-bond acceptors (Lipinski definition) is 4. The zero-order chi connectivity index (χ0) is 12.9. The molecule has 0 aliphatic carbocycles. The first-order valence-electron chi connectivity index (χ1n) is 6.18. The summed E-state index contributed by atoms with van der Waals surface area (Å²) in [5, 5.41) is 4.21. The normalized spacial score (nSPS) is 13.9. The second-order valence-electron chi connectivity index (χ2n) is 5.29. The van der Waals surface area contributed by atoms with E-state index in [1.54, 1.807) is 6.33 Å². The van der Waals surface area contributed by atoms with Crippen molar-refractivity contribution in [2.24, 2.45) is 5.73 Å². The molecule has 1 aromatic heterocycles. The van der Waals surface area contributed by atoms with E-state index in [-0.39, 0.29) is 10.8 Å². The van der Waals surface area contributed by atoms with Gasteiger partial charge in [0.25, 0.3) is 0 Å². The Bertz CT molecular complexity index is 329. The van der Waals surface area contributed by atoms with Crippen LogP contribution in [-0.4, -0.2) is 31.3 Å². The van der Waals surface area contributed by atoms with Crippen molar-refractivity contribution in [1.29, 1.82) is 0 Å². The number of hydrogen-bond donors (Lipinski definition) is 1. The zero-order valence-electron chi connectivity index (χ0n) is 11.3. The Balaban J connectivity index is 2.44. The van der Waals surface area contributed by atoms with Gasteiger partial charge in [0.1, 0.15) is 12.2 Å². The highest BCUT2D eigenvalue weighted by atomic mass is 32.2. The van der Waals surface area contributed by atoms with Crippen molar-refractivity contribution in [3.8, 4) is 0 Å². The van der Waals surface area contributed by atoms with Crippen LogP contribution in [0.2, 0.25) is 0 Å². The van der Waals surface area contributed by atoms with Gasteiger partial charge in [-0.25, -0.2) is 4.98 Å². The summed E-state index contributed by atoms with van der Waals surface area (Å²) in [5.74, 6) is 1.97. The van der Waals surface area contributed by atoms with Gasteiger partial charge in [0.2, 0.25) is 0 Å². The summed E-state index contributed by atoms with van der Waals surface area (Å²) in [6, 6.07) is 0.152. The molecule has 2 N–H and O–H groups in total. The summed E-state index contributed by atoms with van der Waals surface area (Å²) < 4.78 is 2.23. The van der Waals surface area contributed by atoms with Gasteiger partial charge >= 0.3 is 0 Å². The van der Waals surface area contributed by atoms with E-state index < -0.39 is 0 Å². The molecule has 0 radical (unpaired) electrons. The van der Waals surface area contributed by atoms with Crippen molar-refractivity contribution in [1.82, 2.24) is 14.8 Å². The third kappa shape index (κ3) is 5.55. The minimum absolute atomic E-state index is 0.152. The lowest BCUT2D eigenvalue weighted by atomic mass is 10.2. The Morgan fingerprint density at radius 2 is 2.18 bits per heavy atom. The number of aryl methyl sites for hydroxylation is 1. The van der Waals surface area contributed by atoms with Crippen molar-refractivity contribution < 1.29 is 0 Å². The molecular weight excluding hydrogens is 232 g/mol. The first kappa shape index (κ1) is 14.5. The smallest absolute Gasteiger partial charge is 0.138 e. The van der Waals surface area contributed by atoms with E-state index in [1.165, 1.54) is 0 Å². The minimum Gasteiger partial charge on any atom is -0.327 e. The van der Waals surface area contributed by atoms with E-state index >= 15 is 0 Å². The fourth-order valence-electron chi connectivity index (χ4n) is 1.50. The van der Waals surface area contributed by atoms with Crippen molar-refractivity contribution in [2.75, 3.05) is 5.75 Å². The molecule has 0 aliphatic rings. The summed E-state index contributed by atoms with van der Waals surface area (Å²) in [5.41, 5.74) is 6.14. The average Bonchev–Trinajstić information content (AvgIpc) is 2.63. The van der Waals surface area contributed by atoms with Gasteiger partial charge in [-0.1, -0.05) is 27.7 Å². The van der Waals surface area contributed by atoms with Crippen LogP contribution in [0.3, 0.4) is 0 Å². The Kier molecular flexibility index (Phi) is 5.46. The summed E-state index contributed by atoms with van der Waals surface area (Å²) in [6.07, 6.45) is 3.50. The van der Waals surface area contributed by atoms with Gasteiger partial charge in [-0.05, 0) is 6.42 Å². The van der Waals surface area contributed by atoms with Crippen molar-refractivity contribution in [3.05, 3.63) is 12.2 Å². The molecule has 0 aromatic carbocycles. The molecule has 1 unspecified atom stereocenters. The zero-order valence-corrected chi connectivity index (χ0v) is 12.1. The number of aromatic nitrogens is 3. The fourth-order valence-corrected chi connectivity index (χ4v) is 2.33. The molecule has 0 saturated carbocycles. The lowest BCUT2D eigenvalue weighted by Gasteiger charge is -2.20. The van der Waals surface area contributed by atoms with Crippen LogP contribution in [-0.2, 0) is 13.0 Å². The lowest BCUT2D eigenvalue weighted by Crippen LogP contribution is -2.29. The monoisotopic (exact) mass is 256 g/mol. The number of nitrogens with zero attached hydrogens (tertiary/aromatic N) is 3. The van der Waals surface area contributed by atoms with E-state index in [0.717, 1.165) is 31.0 Å². The predicted octanol–water partition coefficient (Wildman–Crippen LogP) is 2.09. The largest absolute Gasteiger partial charge is 0.327 e. The van der Waals surface area contributed by atoms with Crippen molar-refractivity contribution in [3.63, 3.8) is 0 Å². The van der Waals surface area contributed by atoms with Crippen molar-refractivity contribution >= 4 is 11.8 Å². The summed E-state index contributed by atoms with van der Waals surface area (Å²) >= 11 is 1.90. The van der Waals surface area contributed by atoms with Crippen LogP contribution in [0.1, 0.15) is 39.9 Å². The molecule has 4 nitrogen and oxygen atoms in total. The number of thioether (sulfide) groups is 1. The maximum absolute atomic E-state index is 6.14. The highest BCUT2D eigenvalue weighted by Gasteiger charge is 2.15. The second kappa shape index (κ2) is 6.40. The molecule has 0 fully saturated rings. The maximum Gasteiger partial charge on any atom is 0.138 e. The molecule has 1 aromatic rings. The quantitative estimate of drug-likeness (QED) is 0.846. The Labute approximate surface area is 108 Å². The highest BCUT2D eigenvalue weighted by molar-refractivity contribution is 8.00. The first-order valence-corrected chi connectivity index (χ1v) is 7.17. The van der Waals surface area contributed by atoms with E-state index in [1.807, 2.05) is 16.4 Å². The summed E-state index contributed by atoms with van der Waals surface area (Å²) in [7, 11) is 0. The molecule has 1 rings (SSSR count). The molecule has 1 heterocycles. The van der Waals surface area contributed by atoms with Crippen LogP contribution in [0.15, 0.2) is 6.33 Å². The molecular formula is C12H24N4S. The topological polar surface area (TPSA) is 56.7 Å². The number of rotatable bonds is 6. The molecule has 0 aliphatic heterocycles. The molecule has 0 amide bonds. The molecule has 0 saturated heterocycles. The summed E-state index contributed by atoms with van der Waals surface area (Å²) in [4.78, 5) is 4.28. The molecule has 0 bridgehead atoms. The molecule has 0 spiro atoms. The van der Waals surface area contributed by atoms with Crippen molar-refractivity contribution in [2.45, 2.75) is 57.9 Å². The van der Waals surface area contributed by atoms with E-state index in [9.17, 15) is 0 Å². The molecule has 17 heavy (non-hydrogen) atoms.